The summed E-state index contributed by atoms with van der Waals surface area (Å²) in [5.41, 5.74) is 7.70. The van der Waals surface area contributed by atoms with Gasteiger partial charge in [-0.3, -0.25) is 4.79 Å². The molecule has 124 valence electrons. The molecule has 24 heavy (non-hydrogen) atoms. The number of ketones is 1. The number of aromatic nitrogens is 2. The van der Waals surface area contributed by atoms with Crippen LogP contribution < -0.4 is 11.1 Å². The fourth-order valence-electron chi connectivity index (χ4n) is 3.05. The number of hydrogen-bond acceptors (Lipinski definition) is 6. The number of nitrogens with two attached hydrogens (primary N) is 1. The van der Waals surface area contributed by atoms with E-state index in [0.717, 1.165) is 23.6 Å². The number of ether oxygens (including phenoxy) is 1. The Morgan fingerprint density at radius 2 is 2.08 bits per heavy atom. The third-order valence-corrected chi connectivity index (χ3v) is 4.34. The van der Waals surface area contributed by atoms with Gasteiger partial charge < -0.3 is 20.4 Å². The van der Waals surface area contributed by atoms with Crippen molar-refractivity contribution in [1.82, 2.24) is 9.55 Å². The first-order valence-corrected chi connectivity index (χ1v) is 8.01. The summed E-state index contributed by atoms with van der Waals surface area (Å²) in [6, 6.07) is 9.91. The van der Waals surface area contributed by atoms with Crippen LogP contribution in [0.5, 0.6) is 0 Å². The van der Waals surface area contributed by atoms with Crippen molar-refractivity contribution in [1.29, 1.82) is 0 Å². The monoisotopic (exact) mass is 325 g/mol. The zero-order valence-corrected chi connectivity index (χ0v) is 13.2. The van der Waals surface area contributed by atoms with Crippen LogP contribution in [0.25, 0.3) is 0 Å². The fourth-order valence-corrected chi connectivity index (χ4v) is 3.05. The van der Waals surface area contributed by atoms with E-state index in [0.29, 0.717) is 37.1 Å². The highest BCUT2D eigenvalue weighted by Gasteiger charge is 2.30. The van der Waals surface area contributed by atoms with Gasteiger partial charge in [-0.1, -0.05) is 30.3 Å². The topological polar surface area (TPSA) is 94.5 Å². The summed E-state index contributed by atoms with van der Waals surface area (Å²) >= 11 is 0. The van der Waals surface area contributed by atoms with Crippen molar-refractivity contribution in [3.8, 4) is 0 Å². The van der Waals surface area contributed by atoms with Gasteiger partial charge in [0.25, 0.3) is 0 Å². The fraction of sp³-hybridized carbons (Fsp3) is 0.353. The second-order valence-electron chi connectivity index (χ2n) is 6.23. The molecule has 0 radical (unpaired) electrons. The summed E-state index contributed by atoms with van der Waals surface area (Å²) < 4.78 is 7.90. The maximum absolute atomic E-state index is 11.2. The third kappa shape index (κ3) is 2.90. The van der Waals surface area contributed by atoms with Gasteiger partial charge in [0.15, 0.2) is 12.2 Å². The number of imidazole rings is 1. The molecule has 1 aromatic carbocycles. The molecule has 3 N–H and O–H groups in total. The van der Waals surface area contributed by atoms with E-state index in [-0.39, 0.29) is 0 Å². The first-order valence-electron chi connectivity index (χ1n) is 8.01. The summed E-state index contributed by atoms with van der Waals surface area (Å²) in [5.74, 6) is 1.82. The van der Waals surface area contributed by atoms with Crippen LogP contribution >= 0.6 is 0 Å². The molecule has 2 aliphatic rings. The maximum Gasteiger partial charge on any atom is 0.198 e. The Morgan fingerprint density at radius 3 is 2.83 bits per heavy atom. The van der Waals surface area contributed by atoms with E-state index in [1.807, 2.05) is 34.9 Å². The Kier molecular flexibility index (Phi) is 3.78. The SMILES string of the molecule is NC1=NC(OCc2ccccc2)c2ncn(CC3CC(=O)C3)c2N1. The van der Waals surface area contributed by atoms with Gasteiger partial charge in [0.2, 0.25) is 0 Å². The lowest BCUT2D eigenvalue weighted by Gasteiger charge is -2.26. The minimum absolute atomic E-state index is 0.312. The molecule has 4 rings (SSSR count). The molecule has 0 saturated heterocycles. The van der Waals surface area contributed by atoms with Gasteiger partial charge in [-0.2, -0.15) is 0 Å². The van der Waals surface area contributed by atoms with Crippen LogP contribution in [0.15, 0.2) is 41.7 Å². The standard InChI is InChI=1S/C17H19N5O2/c18-17-20-15-14(19-10-22(15)8-12-6-13(23)7-12)16(21-17)24-9-11-4-2-1-3-5-11/h1-5,10,12,16H,6-9H2,(H3,18,20,21). The van der Waals surface area contributed by atoms with Crippen molar-refractivity contribution in [2.45, 2.75) is 32.2 Å². The van der Waals surface area contributed by atoms with E-state index >= 15 is 0 Å². The molecule has 1 aromatic heterocycles. The molecule has 0 amide bonds. The Morgan fingerprint density at radius 1 is 1.29 bits per heavy atom. The molecule has 2 heterocycles. The molecule has 1 aliphatic heterocycles. The van der Waals surface area contributed by atoms with Crippen LogP contribution in [0.4, 0.5) is 5.82 Å². The van der Waals surface area contributed by atoms with Crippen molar-refractivity contribution in [3.05, 3.63) is 47.9 Å². The summed E-state index contributed by atoms with van der Waals surface area (Å²) in [7, 11) is 0. The number of Topliss-reactive ketones (excluding diaryl/α,β-unsaturated/α-hetero) is 1. The number of hydrogen-bond donors (Lipinski definition) is 2. The molecule has 1 fully saturated rings. The van der Waals surface area contributed by atoms with Gasteiger partial charge in [0.05, 0.1) is 12.9 Å². The van der Waals surface area contributed by atoms with E-state index < -0.39 is 6.23 Å². The number of carbonyl (C=O) groups is 1. The molecule has 2 aromatic rings. The lowest BCUT2D eigenvalue weighted by atomic mass is 9.84. The number of anilines is 1. The van der Waals surface area contributed by atoms with Crippen LogP contribution in [0, 0.1) is 5.92 Å². The summed E-state index contributed by atoms with van der Waals surface area (Å²) in [5, 5.41) is 3.06. The highest BCUT2D eigenvalue weighted by atomic mass is 16.5. The van der Waals surface area contributed by atoms with Gasteiger partial charge in [0, 0.05) is 19.4 Å². The van der Waals surface area contributed by atoms with Gasteiger partial charge in [-0.15, -0.1) is 0 Å². The van der Waals surface area contributed by atoms with Crippen LogP contribution in [-0.2, 0) is 22.7 Å². The highest BCUT2D eigenvalue weighted by molar-refractivity contribution is 5.93. The molecule has 7 heteroatoms. The summed E-state index contributed by atoms with van der Waals surface area (Å²) in [6.45, 7) is 1.19. The van der Waals surface area contributed by atoms with E-state index in [1.165, 1.54) is 0 Å². The smallest absolute Gasteiger partial charge is 0.198 e. The second kappa shape index (κ2) is 6.09. The molecule has 1 atom stereocenters. The number of carbonyl (C=O) groups excluding carboxylic acids is 1. The van der Waals surface area contributed by atoms with E-state index in [1.54, 1.807) is 6.33 Å². The Bertz CT molecular complexity index is 776. The molecular formula is C17H19N5O2. The number of rotatable bonds is 5. The second-order valence-corrected chi connectivity index (χ2v) is 6.23. The number of nitrogens with one attached hydrogen (secondary N) is 1. The first kappa shape index (κ1) is 14.9. The molecule has 1 aliphatic carbocycles. The van der Waals surface area contributed by atoms with E-state index in [9.17, 15) is 4.79 Å². The van der Waals surface area contributed by atoms with Crippen LogP contribution in [0.3, 0.4) is 0 Å². The average molecular weight is 325 g/mol. The van der Waals surface area contributed by atoms with Crippen molar-refractivity contribution >= 4 is 17.6 Å². The predicted molar refractivity (Wildman–Crippen MR) is 89.2 cm³/mol. The van der Waals surface area contributed by atoms with Gasteiger partial charge in [0.1, 0.15) is 17.3 Å². The molecule has 0 spiro atoms. The average Bonchev–Trinajstić information content (AvgIpc) is 2.95. The quantitative estimate of drug-likeness (QED) is 0.874. The van der Waals surface area contributed by atoms with Crippen LogP contribution in [-0.4, -0.2) is 21.3 Å². The van der Waals surface area contributed by atoms with Crippen LogP contribution in [0.2, 0.25) is 0 Å². The van der Waals surface area contributed by atoms with Crippen molar-refractivity contribution in [2.75, 3.05) is 5.32 Å². The van der Waals surface area contributed by atoms with Gasteiger partial charge >= 0.3 is 0 Å². The van der Waals surface area contributed by atoms with E-state index in [4.69, 9.17) is 10.5 Å². The summed E-state index contributed by atoms with van der Waals surface area (Å²) in [4.78, 5) is 19.9. The molecule has 1 unspecified atom stereocenters. The first-order chi connectivity index (χ1) is 11.7. The maximum atomic E-state index is 11.2. The normalized spacial score (nSPS) is 20.1. The Hall–Kier alpha value is -2.67. The summed E-state index contributed by atoms with van der Waals surface area (Å²) in [6.07, 6.45) is 2.52. The zero-order valence-electron chi connectivity index (χ0n) is 13.2. The predicted octanol–water partition coefficient (Wildman–Crippen LogP) is 1.82. The molecule has 0 bridgehead atoms. The highest BCUT2D eigenvalue weighted by Crippen LogP contribution is 2.32. The minimum atomic E-state index is -0.522. The minimum Gasteiger partial charge on any atom is -0.370 e. The molecular weight excluding hydrogens is 306 g/mol. The number of benzene rings is 1. The lowest BCUT2D eigenvalue weighted by Crippen LogP contribution is -2.32. The van der Waals surface area contributed by atoms with Crippen molar-refractivity contribution in [2.24, 2.45) is 16.6 Å². The van der Waals surface area contributed by atoms with Crippen molar-refractivity contribution in [3.63, 3.8) is 0 Å². The number of guanidine groups is 1. The van der Waals surface area contributed by atoms with Crippen molar-refractivity contribution < 1.29 is 9.53 Å². The zero-order chi connectivity index (χ0) is 16.5. The Labute approximate surface area is 139 Å². The number of aliphatic imine (C=N–C) groups is 1. The third-order valence-electron chi connectivity index (χ3n) is 4.34. The lowest BCUT2D eigenvalue weighted by molar-refractivity contribution is -0.127. The number of fused-ring (bicyclic) bond motifs is 1. The largest absolute Gasteiger partial charge is 0.370 e. The van der Waals surface area contributed by atoms with Gasteiger partial charge in [-0.25, -0.2) is 9.98 Å². The van der Waals surface area contributed by atoms with Crippen LogP contribution in [0.1, 0.15) is 30.3 Å². The molecule has 7 nitrogen and oxygen atoms in total. The van der Waals surface area contributed by atoms with E-state index in [2.05, 4.69) is 15.3 Å². The molecule has 1 saturated carbocycles. The number of nitrogens with zero attached hydrogens (tertiary/aromatic N) is 3. The van der Waals surface area contributed by atoms with Gasteiger partial charge in [-0.05, 0) is 11.5 Å². The Balaban J connectivity index is 1.49.